The molecule has 1 N–H and O–H groups in total. The fourth-order valence-corrected chi connectivity index (χ4v) is 5.04. The number of nitrogens with one attached hydrogen (secondary N) is 1. The predicted molar refractivity (Wildman–Crippen MR) is 154 cm³/mol. The van der Waals surface area contributed by atoms with Gasteiger partial charge in [0.15, 0.2) is 5.78 Å². The number of carbonyl (C=O) groups is 2. The highest BCUT2D eigenvalue weighted by Crippen LogP contribution is 2.42. The normalized spacial score (nSPS) is 19.0. The molecule has 0 radical (unpaired) electrons. The van der Waals surface area contributed by atoms with Crippen LogP contribution < -0.4 is 10.1 Å². The van der Waals surface area contributed by atoms with E-state index in [0.717, 1.165) is 22.3 Å². The summed E-state index contributed by atoms with van der Waals surface area (Å²) in [4.78, 5) is 41.8. The summed E-state index contributed by atoms with van der Waals surface area (Å²) in [6.45, 7) is 6.03. The number of ketones is 1. The molecule has 208 valence electrons. The van der Waals surface area contributed by atoms with Crippen LogP contribution in [0.15, 0.2) is 94.8 Å². The van der Waals surface area contributed by atoms with Crippen LogP contribution in [0.5, 0.6) is 5.75 Å². The molecular weight excluding hydrogens is 522 g/mol. The van der Waals surface area contributed by atoms with Gasteiger partial charge in [0.05, 0.1) is 23.0 Å². The Balaban J connectivity index is 1.36. The van der Waals surface area contributed by atoms with Gasteiger partial charge in [-0.2, -0.15) is 0 Å². The van der Waals surface area contributed by atoms with E-state index >= 15 is 0 Å². The highest BCUT2D eigenvalue weighted by molar-refractivity contribution is 6.21. The van der Waals surface area contributed by atoms with Crippen molar-refractivity contribution >= 4 is 29.4 Å². The first-order valence-electron chi connectivity index (χ1n) is 13.3. The molecule has 2 atom stereocenters. The lowest BCUT2D eigenvalue weighted by Gasteiger charge is -2.32. The Hall–Kier alpha value is -5.05. The number of hydrogen-bond acceptors (Lipinski definition) is 8. The minimum Gasteiger partial charge on any atom is -0.489 e. The van der Waals surface area contributed by atoms with E-state index < -0.39 is 22.7 Å². The van der Waals surface area contributed by atoms with E-state index in [4.69, 9.17) is 9.47 Å². The molecule has 2 aliphatic rings. The quantitative estimate of drug-likeness (QED) is 0.166. The molecule has 0 bridgehead atoms. The average molecular weight is 552 g/mol. The summed E-state index contributed by atoms with van der Waals surface area (Å²) in [5.74, 6) is -0.689. The highest BCUT2D eigenvalue weighted by atomic mass is 16.6. The Kier molecular flexibility index (Phi) is 7.78. The molecular formula is C32H29N3O6. The van der Waals surface area contributed by atoms with E-state index in [2.05, 4.69) is 10.3 Å². The van der Waals surface area contributed by atoms with Crippen LogP contribution in [0.4, 0.5) is 5.69 Å². The molecule has 3 aromatic carbocycles. The van der Waals surface area contributed by atoms with Crippen molar-refractivity contribution in [1.82, 2.24) is 5.32 Å². The number of aliphatic imine (C=N–C) groups is 1. The van der Waals surface area contributed by atoms with E-state index in [1.165, 1.54) is 12.1 Å². The number of nitro groups is 1. The Morgan fingerprint density at radius 1 is 1.00 bits per heavy atom. The first kappa shape index (κ1) is 27.5. The summed E-state index contributed by atoms with van der Waals surface area (Å²) in [7, 11) is 0. The molecule has 0 amide bonds. The number of carbonyl (C=O) groups excluding carboxylic acids is 2. The number of aryl methyl sites for hydroxylation is 1. The van der Waals surface area contributed by atoms with Crippen LogP contribution in [0, 0.1) is 23.0 Å². The number of hydrogen-bond donors (Lipinski definition) is 1. The third kappa shape index (κ3) is 5.79. The number of rotatable bonds is 8. The van der Waals surface area contributed by atoms with Crippen LogP contribution in [-0.4, -0.2) is 29.1 Å². The van der Waals surface area contributed by atoms with E-state index in [1.54, 1.807) is 44.2 Å². The lowest BCUT2D eigenvalue weighted by molar-refractivity contribution is -0.384. The molecule has 41 heavy (non-hydrogen) atoms. The van der Waals surface area contributed by atoms with Crippen LogP contribution in [0.1, 0.15) is 42.0 Å². The summed E-state index contributed by atoms with van der Waals surface area (Å²) < 4.78 is 11.2. The van der Waals surface area contributed by atoms with E-state index in [-0.39, 0.29) is 24.7 Å². The van der Waals surface area contributed by atoms with Crippen molar-refractivity contribution < 1.29 is 24.0 Å². The zero-order valence-electron chi connectivity index (χ0n) is 22.9. The maximum Gasteiger partial charge on any atom is 0.336 e. The van der Waals surface area contributed by atoms with Gasteiger partial charge in [-0.25, -0.2) is 9.79 Å². The second-order valence-electron chi connectivity index (χ2n) is 9.92. The molecule has 0 aromatic heterocycles. The monoisotopic (exact) mass is 551 g/mol. The molecule has 9 nitrogen and oxygen atoms in total. The first-order valence-corrected chi connectivity index (χ1v) is 13.3. The maximum absolute atomic E-state index is 13.8. The zero-order chi connectivity index (χ0) is 29.1. The van der Waals surface area contributed by atoms with Crippen molar-refractivity contribution in [3.63, 3.8) is 0 Å². The largest absolute Gasteiger partial charge is 0.489 e. The third-order valence-corrected chi connectivity index (χ3v) is 7.10. The smallest absolute Gasteiger partial charge is 0.336 e. The van der Waals surface area contributed by atoms with Gasteiger partial charge >= 0.3 is 5.97 Å². The van der Waals surface area contributed by atoms with Gasteiger partial charge in [-0.05, 0) is 67.8 Å². The van der Waals surface area contributed by atoms with Crippen molar-refractivity contribution in [1.29, 1.82) is 0 Å². The highest BCUT2D eigenvalue weighted by Gasteiger charge is 2.47. The van der Waals surface area contributed by atoms with Gasteiger partial charge in [-0.1, -0.05) is 42.0 Å². The number of Topliss-reactive ketones (excluding diaryl/α,β-unsaturated/α-hetero) is 1. The second kappa shape index (κ2) is 11.6. The van der Waals surface area contributed by atoms with Crippen molar-refractivity contribution in [2.75, 3.05) is 6.61 Å². The van der Waals surface area contributed by atoms with Crippen molar-refractivity contribution in [2.24, 2.45) is 10.9 Å². The number of nitro benzene ring substituents is 1. The van der Waals surface area contributed by atoms with Crippen LogP contribution in [0.25, 0.3) is 6.08 Å². The summed E-state index contributed by atoms with van der Waals surface area (Å²) in [5, 5.41) is 14.0. The number of amidine groups is 1. The molecule has 2 unspecified atom stereocenters. The molecule has 3 aromatic rings. The van der Waals surface area contributed by atoms with E-state index in [1.807, 2.05) is 43.3 Å². The fourth-order valence-electron chi connectivity index (χ4n) is 5.04. The summed E-state index contributed by atoms with van der Waals surface area (Å²) >= 11 is 0. The van der Waals surface area contributed by atoms with Gasteiger partial charge in [0.1, 0.15) is 23.9 Å². The summed E-state index contributed by atoms with van der Waals surface area (Å²) in [6.07, 6.45) is 1.72. The van der Waals surface area contributed by atoms with E-state index in [9.17, 15) is 19.7 Å². The van der Waals surface area contributed by atoms with Gasteiger partial charge in [0.25, 0.3) is 5.69 Å². The average Bonchev–Trinajstić information content (AvgIpc) is 3.26. The second-order valence-corrected chi connectivity index (χ2v) is 9.92. The molecule has 2 heterocycles. The maximum atomic E-state index is 13.8. The van der Waals surface area contributed by atoms with Crippen LogP contribution in [-0.2, 0) is 20.9 Å². The minimum atomic E-state index is -0.670. The standard InChI is InChI=1S/C32H29N3O6/c1-4-40-32(37)27-20(3)33-31-29(28(27)23-11-5-19(2)6-12-23)30(36)26(34-31)17-21-9-15-25(16-10-21)41-18-22-7-13-24(14-8-22)35(38)39/h5-17,28-29H,4,18H2,1-3H3,(H,33,34)/b26-17-. The van der Waals surface area contributed by atoms with Gasteiger partial charge in [0, 0.05) is 23.7 Å². The van der Waals surface area contributed by atoms with Gasteiger partial charge in [0.2, 0.25) is 0 Å². The summed E-state index contributed by atoms with van der Waals surface area (Å²) in [6, 6.07) is 21.2. The number of esters is 1. The zero-order valence-corrected chi connectivity index (χ0v) is 22.9. The number of non-ortho nitro benzene ring substituents is 1. The molecule has 0 fully saturated rings. The fraction of sp³-hybridized carbons (Fsp3) is 0.219. The lowest BCUT2D eigenvalue weighted by Crippen LogP contribution is -2.42. The van der Waals surface area contributed by atoms with Crippen LogP contribution >= 0.6 is 0 Å². The number of nitrogens with zero attached hydrogens (tertiary/aromatic N) is 2. The Morgan fingerprint density at radius 3 is 2.32 bits per heavy atom. The topological polar surface area (TPSA) is 120 Å². The Bertz CT molecular complexity index is 1590. The number of benzene rings is 3. The first-order chi connectivity index (χ1) is 19.7. The predicted octanol–water partition coefficient (Wildman–Crippen LogP) is 5.64. The summed E-state index contributed by atoms with van der Waals surface area (Å²) in [5.41, 5.74) is 4.87. The van der Waals surface area contributed by atoms with Gasteiger partial charge in [-0.15, -0.1) is 0 Å². The van der Waals surface area contributed by atoms with Gasteiger partial charge in [-0.3, -0.25) is 14.9 Å². The molecule has 0 saturated heterocycles. The Morgan fingerprint density at radius 2 is 1.68 bits per heavy atom. The minimum absolute atomic E-state index is 0.0273. The SMILES string of the molecule is CCOC(=O)C1=C(C)NC2=N/C(=C\c3ccc(OCc4ccc([N+](=O)[O-])cc4)cc3)C(=O)C2C1c1ccc(C)cc1. The van der Waals surface area contributed by atoms with Crippen molar-refractivity contribution in [3.8, 4) is 5.75 Å². The van der Waals surface area contributed by atoms with Crippen LogP contribution in [0.3, 0.4) is 0 Å². The number of ether oxygens (including phenoxy) is 2. The molecule has 5 rings (SSSR count). The molecule has 2 aliphatic heterocycles. The molecule has 0 spiro atoms. The third-order valence-electron chi connectivity index (χ3n) is 7.10. The number of fused-ring (bicyclic) bond motifs is 1. The lowest BCUT2D eigenvalue weighted by atomic mass is 9.75. The van der Waals surface area contributed by atoms with Crippen molar-refractivity contribution in [2.45, 2.75) is 33.3 Å². The van der Waals surface area contributed by atoms with E-state index in [0.29, 0.717) is 28.6 Å². The van der Waals surface area contributed by atoms with Gasteiger partial charge < -0.3 is 14.8 Å². The van der Waals surface area contributed by atoms with Crippen molar-refractivity contribution in [3.05, 3.63) is 122 Å². The van der Waals surface area contributed by atoms with Crippen LogP contribution in [0.2, 0.25) is 0 Å². The molecule has 0 aliphatic carbocycles. The molecule has 0 saturated carbocycles. The Labute approximate surface area is 237 Å². The molecule has 9 heteroatoms. The number of allylic oxidation sites excluding steroid dienone is 2.